The standard InChI is InChI=1S/C17H22N2O3S/c1-11-8-14(11)15-5-4-13(22-15)9-19(12-2-3-12)16(20)10-18-6-7-23-17(18)21/h4-5,11-12,14H,2-3,6-10H2,1H3/t11-,14-/m0/s1. The van der Waals surface area contributed by atoms with Gasteiger partial charge in [0.1, 0.15) is 18.1 Å². The fourth-order valence-electron chi connectivity index (χ4n) is 3.20. The number of hydrogen-bond donors (Lipinski definition) is 0. The van der Waals surface area contributed by atoms with Crippen LogP contribution in [-0.2, 0) is 11.3 Å². The molecule has 0 radical (unpaired) electrons. The number of carbonyl (C=O) groups excluding carboxylic acids is 2. The van der Waals surface area contributed by atoms with E-state index in [0.29, 0.717) is 31.0 Å². The van der Waals surface area contributed by atoms with Gasteiger partial charge in [-0.15, -0.1) is 0 Å². The minimum atomic E-state index is 0.0251. The summed E-state index contributed by atoms with van der Waals surface area (Å²) in [6.45, 7) is 3.64. The van der Waals surface area contributed by atoms with Gasteiger partial charge in [-0.05, 0) is 37.3 Å². The average Bonchev–Trinajstić information content (AvgIpc) is 3.41. The van der Waals surface area contributed by atoms with E-state index in [2.05, 4.69) is 13.0 Å². The molecule has 23 heavy (non-hydrogen) atoms. The maximum atomic E-state index is 12.6. The Labute approximate surface area is 140 Å². The molecule has 1 saturated heterocycles. The molecule has 2 aliphatic carbocycles. The fourth-order valence-corrected chi connectivity index (χ4v) is 4.02. The zero-order valence-corrected chi connectivity index (χ0v) is 14.2. The number of nitrogens with zero attached hydrogens (tertiary/aromatic N) is 2. The van der Waals surface area contributed by atoms with E-state index in [9.17, 15) is 9.59 Å². The van der Waals surface area contributed by atoms with E-state index in [1.54, 1.807) is 4.90 Å². The molecule has 0 aromatic carbocycles. The Kier molecular flexibility index (Phi) is 3.87. The highest BCUT2D eigenvalue weighted by Gasteiger charge is 2.38. The number of carbonyl (C=O) groups is 2. The Morgan fingerprint density at radius 3 is 2.83 bits per heavy atom. The second-order valence-electron chi connectivity index (χ2n) is 6.91. The molecule has 2 amide bonds. The summed E-state index contributed by atoms with van der Waals surface area (Å²) < 4.78 is 5.95. The third-order valence-corrected chi connectivity index (χ3v) is 5.85. The first-order chi connectivity index (χ1) is 11.1. The summed E-state index contributed by atoms with van der Waals surface area (Å²) in [6, 6.07) is 4.38. The Hall–Kier alpha value is -1.43. The molecule has 1 aliphatic heterocycles. The van der Waals surface area contributed by atoms with Crippen molar-refractivity contribution in [3.8, 4) is 0 Å². The summed E-state index contributed by atoms with van der Waals surface area (Å²) in [4.78, 5) is 27.9. The third-order valence-electron chi connectivity index (χ3n) is 4.96. The van der Waals surface area contributed by atoms with Crippen LogP contribution in [0.25, 0.3) is 0 Å². The summed E-state index contributed by atoms with van der Waals surface area (Å²) >= 11 is 1.30. The van der Waals surface area contributed by atoms with Crippen LogP contribution in [0, 0.1) is 5.92 Å². The van der Waals surface area contributed by atoms with Crippen molar-refractivity contribution in [2.24, 2.45) is 5.92 Å². The van der Waals surface area contributed by atoms with Crippen molar-refractivity contribution in [1.82, 2.24) is 9.80 Å². The summed E-state index contributed by atoms with van der Waals surface area (Å²) in [7, 11) is 0. The predicted molar refractivity (Wildman–Crippen MR) is 88.2 cm³/mol. The highest BCUT2D eigenvalue weighted by Crippen LogP contribution is 2.47. The first-order valence-electron chi connectivity index (χ1n) is 8.41. The molecule has 1 aromatic heterocycles. The summed E-state index contributed by atoms with van der Waals surface area (Å²) in [5.74, 6) is 4.03. The van der Waals surface area contributed by atoms with E-state index in [4.69, 9.17) is 4.42 Å². The largest absolute Gasteiger partial charge is 0.464 e. The van der Waals surface area contributed by atoms with E-state index in [1.807, 2.05) is 11.0 Å². The van der Waals surface area contributed by atoms with E-state index in [1.165, 1.54) is 18.2 Å². The molecule has 0 spiro atoms. The molecule has 0 bridgehead atoms. The third kappa shape index (κ3) is 3.27. The van der Waals surface area contributed by atoms with Crippen molar-refractivity contribution in [2.45, 2.75) is 44.7 Å². The topological polar surface area (TPSA) is 53.8 Å². The molecule has 1 aromatic rings. The minimum absolute atomic E-state index is 0.0251. The monoisotopic (exact) mass is 334 g/mol. The molecule has 3 fully saturated rings. The van der Waals surface area contributed by atoms with Crippen LogP contribution in [0.5, 0.6) is 0 Å². The van der Waals surface area contributed by atoms with Crippen LogP contribution in [0.15, 0.2) is 16.5 Å². The molecule has 2 heterocycles. The van der Waals surface area contributed by atoms with Gasteiger partial charge in [-0.25, -0.2) is 0 Å². The first-order valence-corrected chi connectivity index (χ1v) is 9.40. The van der Waals surface area contributed by atoms with Crippen molar-refractivity contribution >= 4 is 22.9 Å². The molecule has 5 nitrogen and oxygen atoms in total. The fraction of sp³-hybridized carbons (Fsp3) is 0.647. The number of thioether (sulfide) groups is 1. The quantitative estimate of drug-likeness (QED) is 0.802. The number of hydrogen-bond acceptors (Lipinski definition) is 4. The first kappa shape index (κ1) is 15.1. The second kappa shape index (κ2) is 5.89. The smallest absolute Gasteiger partial charge is 0.282 e. The van der Waals surface area contributed by atoms with Gasteiger partial charge in [-0.1, -0.05) is 18.7 Å². The zero-order valence-electron chi connectivity index (χ0n) is 13.4. The van der Waals surface area contributed by atoms with E-state index in [-0.39, 0.29) is 17.7 Å². The van der Waals surface area contributed by atoms with Gasteiger partial charge in [0.25, 0.3) is 5.24 Å². The summed E-state index contributed by atoms with van der Waals surface area (Å²) in [6.07, 6.45) is 3.32. The molecule has 3 aliphatic rings. The Morgan fingerprint density at radius 2 is 2.22 bits per heavy atom. The predicted octanol–water partition coefficient (Wildman–Crippen LogP) is 3.06. The van der Waals surface area contributed by atoms with Crippen molar-refractivity contribution in [3.05, 3.63) is 23.7 Å². The van der Waals surface area contributed by atoms with Gasteiger partial charge >= 0.3 is 0 Å². The van der Waals surface area contributed by atoms with E-state index >= 15 is 0 Å². The zero-order chi connectivity index (χ0) is 16.0. The number of amides is 2. The normalized spacial score (nSPS) is 26.7. The van der Waals surface area contributed by atoms with Gasteiger partial charge in [0.05, 0.1) is 6.54 Å². The van der Waals surface area contributed by atoms with Gasteiger partial charge in [0, 0.05) is 24.3 Å². The van der Waals surface area contributed by atoms with Crippen LogP contribution in [-0.4, -0.2) is 45.8 Å². The molecular formula is C17H22N2O3S. The Bertz CT molecular complexity index is 625. The maximum absolute atomic E-state index is 12.6. The van der Waals surface area contributed by atoms with Crippen LogP contribution < -0.4 is 0 Å². The van der Waals surface area contributed by atoms with Crippen LogP contribution >= 0.6 is 11.8 Å². The minimum Gasteiger partial charge on any atom is -0.464 e. The summed E-state index contributed by atoms with van der Waals surface area (Å²) in [5.41, 5.74) is 0. The maximum Gasteiger partial charge on any atom is 0.282 e. The molecule has 0 N–H and O–H groups in total. The Morgan fingerprint density at radius 1 is 1.43 bits per heavy atom. The molecule has 4 rings (SSSR count). The number of furan rings is 1. The van der Waals surface area contributed by atoms with Crippen molar-refractivity contribution in [3.63, 3.8) is 0 Å². The lowest BCUT2D eigenvalue weighted by molar-refractivity contribution is -0.133. The lowest BCUT2D eigenvalue weighted by Crippen LogP contribution is -2.41. The molecular weight excluding hydrogens is 312 g/mol. The molecule has 2 saturated carbocycles. The SMILES string of the molecule is C[C@H]1C[C@@H]1c1ccc(CN(C(=O)CN2CCSC2=O)C2CC2)o1. The van der Waals surface area contributed by atoms with Crippen molar-refractivity contribution in [1.29, 1.82) is 0 Å². The van der Waals surface area contributed by atoms with Crippen molar-refractivity contribution in [2.75, 3.05) is 18.8 Å². The van der Waals surface area contributed by atoms with Gasteiger partial charge in [-0.3, -0.25) is 9.59 Å². The lowest BCUT2D eigenvalue weighted by Gasteiger charge is -2.24. The van der Waals surface area contributed by atoms with Crippen LogP contribution in [0.1, 0.15) is 43.6 Å². The van der Waals surface area contributed by atoms with Gasteiger partial charge in [-0.2, -0.15) is 0 Å². The summed E-state index contributed by atoms with van der Waals surface area (Å²) in [5, 5.41) is 0.0251. The lowest BCUT2D eigenvalue weighted by atomic mass is 10.3. The number of rotatable bonds is 6. The highest BCUT2D eigenvalue weighted by atomic mass is 32.2. The molecule has 124 valence electrons. The Balaban J connectivity index is 1.40. The highest BCUT2D eigenvalue weighted by molar-refractivity contribution is 8.13. The molecule has 6 heteroatoms. The van der Waals surface area contributed by atoms with E-state index in [0.717, 1.165) is 30.1 Å². The molecule has 2 atom stereocenters. The van der Waals surface area contributed by atoms with Gasteiger partial charge < -0.3 is 14.2 Å². The van der Waals surface area contributed by atoms with E-state index < -0.39 is 0 Å². The van der Waals surface area contributed by atoms with Crippen molar-refractivity contribution < 1.29 is 14.0 Å². The molecule has 0 unspecified atom stereocenters. The second-order valence-corrected chi connectivity index (χ2v) is 7.96. The van der Waals surface area contributed by atoms with Crippen LogP contribution in [0.2, 0.25) is 0 Å². The van der Waals surface area contributed by atoms with Crippen LogP contribution in [0.4, 0.5) is 4.79 Å². The van der Waals surface area contributed by atoms with Crippen LogP contribution in [0.3, 0.4) is 0 Å². The van der Waals surface area contributed by atoms with Gasteiger partial charge in [0.15, 0.2) is 0 Å². The van der Waals surface area contributed by atoms with Gasteiger partial charge in [0.2, 0.25) is 5.91 Å². The average molecular weight is 334 g/mol.